The highest BCUT2D eigenvalue weighted by atomic mass is 16.6. The molecule has 8 atom stereocenters. The van der Waals surface area contributed by atoms with Crippen LogP contribution in [0.25, 0.3) is 0 Å². The lowest BCUT2D eigenvalue weighted by molar-refractivity contribution is -0.394. The minimum atomic E-state index is -0.770. The number of benzene rings is 1. The molecular weight excluding hydrogens is 550 g/mol. The van der Waals surface area contributed by atoms with Crippen molar-refractivity contribution in [3.63, 3.8) is 0 Å². The predicted molar refractivity (Wildman–Crippen MR) is 161 cm³/mol. The highest BCUT2D eigenvalue weighted by molar-refractivity contribution is 5.91. The van der Waals surface area contributed by atoms with Crippen molar-refractivity contribution in [2.24, 2.45) is 40.4 Å². The maximum absolute atomic E-state index is 13.3. The number of nitro groups is 2. The van der Waals surface area contributed by atoms with Crippen LogP contribution in [0.2, 0.25) is 0 Å². The third-order valence-corrected chi connectivity index (χ3v) is 12.0. The van der Waals surface area contributed by atoms with Crippen LogP contribution in [-0.2, 0) is 9.53 Å². The van der Waals surface area contributed by atoms with Gasteiger partial charge in [0.2, 0.25) is 5.91 Å². The largest absolute Gasteiger partial charge is 0.458 e. The van der Waals surface area contributed by atoms with E-state index in [4.69, 9.17) is 4.74 Å². The van der Waals surface area contributed by atoms with Gasteiger partial charge in [-0.15, -0.1) is 0 Å². The summed E-state index contributed by atoms with van der Waals surface area (Å²) in [7, 11) is 0. The Balaban J connectivity index is 1.30. The van der Waals surface area contributed by atoms with E-state index in [0.29, 0.717) is 42.4 Å². The Morgan fingerprint density at radius 1 is 0.977 bits per heavy atom. The van der Waals surface area contributed by atoms with Crippen LogP contribution in [0.3, 0.4) is 0 Å². The van der Waals surface area contributed by atoms with Gasteiger partial charge in [0.15, 0.2) is 0 Å². The fourth-order valence-corrected chi connectivity index (χ4v) is 9.73. The summed E-state index contributed by atoms with van der Waals surface area (Å²) >= 11 is 0. The number of carbonyl (C=O) groups excluding carboxylic acids is 2. The lowest BCUT2D eigenvalue weighted by Gasteiger charge is -2.58. The molecule has 1 amide bonds. The molecule has 10 nitrogen and oxygen atoms in total. The number of hydrogen-bond acceptors (Lipinski definition) is 7. The number of fused-ring (bicyclic) bond motifs is 5. The number of hydrogen-bond donors (Lipinski definition) is 0. The Morgan fingerprint density at radius 3 is 2.23 bits per heavy atom. The van der Waals surface area contributed by atoms with Crippen LogP contribution < -0.4 is 0 Å². The van der Waals surface area contributed by atoms with Crippen LogP contribution in [0.5, 0.6) is 0 Å². The first kappa shape index (κ1) is 31.1. The molecule has 0 N–H and O–H groups in total. The van der Waals surface area contributed by atoms with Crippen molar-refractivity contribution in [1.82, 2.24) is 4.90 Å². The number of esters is 1. The van der Waals surface area contributed by atoms with Crippen molar-refractivity contribution in [2.75, 3.05) is 13.1 Å². The minimum absolute atomic E-state index is 0.0260. The molecule has 0 aromatic heterocycles. The Hall–Kier alpha value is -3.30. The van der Waals surface area contributed by atoms with Gasteiger partial charge in [-0.2, -0.15) is 0 Å². The molecule has 4 aliphatic rings. The highest BCUT2D eigenvalue weighted by Gasteiger charge is 2.60. The van der Waals surface area contributed by atoms with Gasteiger partial charge >= 0.3 is 5.97 Å². The van der Waals surface area contributed by atoms with Crippen LogP contribution in [0.4, 0.5) is 11.4 Å². The fraction of sp³-hybridized carbons (Fsp3) is 0.697. The van der Waals surface area contributed by atoms with E-state index in [-0.39, 0.29) is 28.4 Å². The first-order valence-electron chi connectivity index (χ1n) is 16.0. The van der Waals surface area contributed by atoms with Gasteiger partial charge in [-0.1, -0.05) is 32.4 Å². The smallest absolute Gasteiger partial charge is 0.338 e. The summed E-state index contributed by atoms with van der Waals surface area (Å²) in [4.78, 5) is 49.4. The number of non-ortho nitro benzene ring substituents is 2. The standard InChI is InChI=1S/C33H45N3O7/c1-6-34(7-2)30(37)20(3)27-10-11-28-26-9-8-22-18-25(12-14-32(22,4)29(26)13-15-33(27,28)5)43-31(38)21-16-23(35(39)40)19-24(17-21)36(41)42/h8,16-17,19-20,25-29H,6-7,9-15,18H2,1-5H3. The van der Waals surface area contributed by atoms with Gasteiger partial charge in [0, 0.05) is 37.6 Å². The van der Waals surface area contributed by atoms with E-state index in [1.807, 2.05) is 4.90 Å². The lowest BCUT2D eigenvalue weighted by atomic mass is 9.47. The Morgan fingerprint density at radius 2 is 1.63 bits per heavy atom. The number of ether oxygens (including phenoxy) is 1. The molecule has 4 aliphatic carbocycles. The van der Waals surface area contributed by atoms with Crippen molar-refractivity contribution >= 4 is 23.3 Å². The van der Waals surface area contributed by atoms with Gasteiger partial charge in [0.1, 0.15) is 6.10 Å². The lowest BCUT2D eigenvalue weighted by Crippen LogP contribution is -2.51. The monoisotopic (exact) mass is 595 g/mol. The third-order valence-electron chi connectivity index (χ3n) is 12.0. The number of nitro benzene ring substituents is 2. The second-order valence-corrected chi connectivity index (χ2v) is 13.8. The zero-order valence-corrected chi connectivity index (χ0v) is 26.0. The summed E-state index contributed by atoms with van der Waals surface area (Å²) in [6, 6.07) is 2.92. The van der Waals surface area contributed by atoms with E-state index in [2.05, 4.69) is 40.7 Å². The summed E-state index contributed by atoms with van der Waals surface area (Å²) in [5, 5.41) is 22.6. The van der Waals surface area contributed by atoms with Crippen LogP contribution in [-0.4, -0.2) is 45.8 Å². The van der Waals surface area contributed by atoms with Gasteiger partial charge in [-0.05, 0) is 93.3 Å². The van der Waals surface area contributed by atoms with E-state index < -0.39 is 27.2 Å². The molecule has 1 aromatic carbocycles. The average molecular weight is 596 g/mol. The van der Waals surface area contributed by atoms with Crippen LogP contribution in [0, 0.1) is 60.6 Å². The van der Waals surface area contributed by atoms with Crippen LogP contribution in [0.15, 0.2) is 29.8 Å². The normalized spacial score (nSPS) is 33.7. The number of allylic oxidation sites excluding steroid dienone is 1. The Kier molecular flexibility index (Phi) is 8.44. The predicted octanol–water partition coefficient (Wildman–Crippen LogP) is 7.11. The quantitative estimate of drug-likeness (QED) is 0.135. The first-order valence-corrected chi connectivity index (χ1v) is 16.0. The zero-order chi connectivity index (χ0) is 31.3. The molecule has 0 heterocycles. The summed E-state index contributed by atoms with van der Waals surface area (Å²) in [5.41, 5.74) is 0.318. The molecule has 3 saturated carbocycles. The summed E-state index contributed by atoms with van der Waals surface area (Å²) in [5.74, 6) is 1.70. The van der Waals surface area contributed by atoms with Crippen LogP contribution in [0.1, 0.15) is 96.3 Å². The van der Waals surface area contributed by atoms with Crippen molar-refractivity contribution in [2.45, 2.75) is 92.1 Å². The number of rotatable bonds is 8. The summed E-state index contributed by atoms with van der Waals surface area (Å²) in [6.45, 7) is 12.6. The average Bonchev–Trinajstić information content (AvgIpc) is 3.34. The zero-order valence-electron chi connectivity index (χ0n) is 26.0. The second-order valence-electron chi connectivity index (χ2n) is 13.8. The number of carbonyl (C=O) groups is 2. The van der Waals surface area contributed by atoms with Crippen molar-refractivity contribution in [3.05, 3.63) is 55.6 Å². The summed E-state index contributed by atoms with van der Waals surface area (Å²) in [6.07, 6.45) is 9.73. The molecule has 43 heavy (non-hydrogen) atoms. The maximum Gasteiger partial charge on any atom is 0.338 e. The molecule has 0 radical (unpaired) electrons. The van der Waals surface area contributed by atoms with Crippen molar-refractivity contribution in [3.8, 4) is 0 Å². The first-order chi connectivity index (χ1) is 20.3. The van der Waals surface area contributed by atoms with Gasteiger partial charge in [-0.25, -0.2) is 4.79 Å². The van der Waals surface area contributed by atoms with E-state index in [9.17, 15) is 29.8 Å². The number of nitrogens with zero attached hydrogens (tertiary/aromatic N) is 3. The number of amides is 1. The molecule has 0 bridgehead atoms. The molecule has 0 aliphatic heterocycles. The summed E-state index contributed by atoms with van der Waals surface area (Å²) < 4.78 is 5.80. The topological polar surface area (TPSA) is 133 Å². The van der Waals surface area contributed by atoms with E-state index in [1.165, 1.54) is 12.0 Å². The highest BCUT2D eigenvalue weighted by Crippen LogP contribution is 2.67. The molecule has 5 rings (SSSR count). The molecule has 0 spiro atoms. The molecule has 234 valence electrons. The molecule has 10 heteroatoms. The minimum Gasteiger partial charge on any atom is -0.458 e. The maximum atomic E-state index is 13.3. The van der Waals surface area contributed by atoms with Gasteiger partial charge in [0.25, 0.3) is 11.4 Å². The molecule has 3 fully saturated rings. The second kappa shape index (κ2) is 11.7. The van der Waals surface area contributed by atoms with E-state index in [0.717, 1.165) is 63.4 Å². The molecule has 0 saturated heterocycles. The van der Waals surface area contributed by atoms with Crippen molar-refractivity contribution in [1.29, 1.82) is 0 Å². The molecule has 8 unspecified atom stereocenters. The molecule has 1 aromatic rings. The van der Waals surface area contributed by atoms with Gasteiger partial charge < -0.3 is 9.64 Å². The SMILES string of the molecule is CCN(CC)C(=O)C(C)C1CCC2C3CC=C4CC(OC(=O)c5cc([N+](=O)[O-])cc([N+](=O)[O-])c5)CCC4(C)C3CCC12C. The van der Waals surface area contributed by atoms with Gasteiger partial charge in [-0.3, -0.25) is 25.0 Å². The Labute approximate surface area is 253 Å². The Bertz CT molecular complexity index is 1310. The van der Waals surface area contributed by atoms with Gasteiger partial charge in [0.05, 0.1) is 21.5 Å². The van der Waals surface area contributed by atoms with Crippen LogP contribution >= 0.6 is 0 Å². The van der Waals surface area contributed by atoms with Crippen molar-refractivity contribution < 1.29 is 24.2 Å². The third kappa shape index (κ3) is 5.35. The fourth-order valence-electron chi connectivity index (χ4n) is 9.73. The van der Waals surface area contributed by atoms with E-state index >= 15 is 0 Å². The molecular formula is C33H45N3O7. The van der Waals surface area contributed by atoms with E-state index in [1.54, 1.807) is 0 Å².